The number of nitrogens with zero attached hydrogens (tertiary/aromatic N) is 2. The van der Waals surface area contributed by atoms with E-state index in [-0.39, 0.29) is 0 Å². The fourth-order valence-corrected chi connectivity index (χ4v) is 3.72. The quantitative estimate of drug-likeness (QED) is 0.489. The summed E-state index contributed by atoms with van der Waals surface area (Å²) in [6.07, 6.45) is -3.06. The Balaban J connectivity index is 2.20. The highest BCUT2D eigenvalue weighted by molar-refractivity contribution is 9.10. The van der Waals surface area contributed by atoms with Crippen LogP contribution in [0.4, 0.5) is 13.2 Å². The van der Waals surface area contributed by atoms with Crippen LogP contribution in [0.25, 0.3) is 20.7 Å². The van der Waals surface area contributed by atoms with Gasteiger partial charge in [-0.15, -0.1) is 11.3 Å². The van der Waals surface area contributed by atoms with Gasteiger partial charge in [0.15, 0.2) is 0 Å². The summed E-state index contributed by atoms with van der Waals surface area (Å²) in [6.45, 7) is 0. The van der Waals surface area contributed by atoms with Crippen molar-refractivity contribution in [3.63, 3.8) is 0 Å². The molecule has 3 aromatic rings. The molecule has 21 heavy (non-hydrogen) atoms. The number of thiophene rings is 1. The van der Waals surface area contributed by atoms with Gasteiger partial charge in [-0.1, -0.05) is 27.5 Å². The topological polar surface area (TPSA) is 25.8 Å². The summed E-state index contributed by atoms with van der Waals surface area (Å²) in [5.41, 5.74) is 0.360. The molecule has 0 spiro atoms. The number of benzene rings is 1. The molecule has 108 valence electrons. The molecule has 0 atom stereocenters. The van der Waals surface area contributed by atoms with Crippen molar-refractivity contribution in [2.75, 3.05) is 0 Å². The van der Waals surface area contributed by atoms with Gasteiger partial charge in [0.2, 0.25) is 0 Å². The lowest BCUT2D eigenvalue weighted by Crippen LogP contribution is -2.04. The summed E-state index contributed by atoms with van der Waals surface area (Å²) in [5.74, 6) is 0. The Labute approximate surface area is 134 Å². The lowest BCUT2D eigenvalue weighted by molar-refractivity contribution is -0.137. The van der Waals surface area contributed by atoms with Gasteiger partial charge in [-0.2, -0.15) is 13.2 Å². The molecule has 0 aliphatic carbocycles. The molecule has 8 heteroatoms. The molecule has 2 nitrogen and oxygen atoms in total. The molecule has 0 saturated heterocycles. The van der Waals surface area contributed by atoms with E-state index in [1.54, 1.807) is 6.07 Å². The summed E-state index contributed by atoms with van der Waals surface area (Å²) in [6, 6.07) is 5.23. The maximum Gasteiger partial charge on any atom is 0.416 e. The molecule has 1 aromatic carbocycles. The van der Waals surface area contributed by atoms with E-state index in [2.05, 4.69) is 25.9 Å². The monoisotopic (exact) mass is 392 g/mol. The Kier molecular flexibility index (Phi) is 3.67. The van der Waals surface area contributed by atoms with Crippen molar-refractivity contribution in [1.82, 2.24) is 9.97 Å². The smallest absolute Gasteiger partial charge is 0.235 e. The van der Waals surface area contributed by atoms with Gasteiger partial charge < -0.3 is 0 Å². The van der Waals surface area contributed by atoms with Crippen LogP contribution < -0.4 is 0 Å². The first-order valence-electron chi connectivity index (χ1n) is 5.63. The third kappa shape index (κ3) is 2.77. The van der Waals surface area contributed by atoms with Crippen molar-refractivity contribution in [3.8, 4) is 10.4 Å². The Morgan fingerprint density at radius 3 is 2.57 bits per heavy atom. The molecule has 0 aliphatic heterocycles. The normalized spacial score (nSPS) is 12.0. The van der Waals surface area contributed by atoms with Crippen LogP contribution in [0.5, 0.6) is 0 Å². The van der Waals surface area contributed by atoms with Crippen molar-refractivity contribution in [2.24, 2.45) is 0 Å². The van der Waals surface area contributed by atoms with Crippen LogP contribution in [0, 0.1) is 0 Å². The van der Waals surface area contributed by atoms with Gasteiger partial charge in [0.25, 0.3) is 0 Å². The third-order valence-electron chi connectivity index (χ3n) is 2.83. The molecule has 3 rings (SSSR count). The standard InChI is InChI=1S/C13H5BrClF3N2S/c14-8-2-1-6(13(16,17)18)3-7(8)10-4-9-11(21-10)12(15)20-5-19-9/h1-5H. The molecule has 0 saturated carbocycles. The van der Waals surface area contributed by atoms with E-state index in [1.807, 2.05) is 0 Å². The summed E-state index contributed by atoms with van der Waals surface area (Å²) in [7, 11) is 0. The van der Waals surface area contributed by atoms with E-state index < -0.39 is 11.7 Å². The zero-order valence-electron chi connectivity index (χ0n) is 10.1. The van der Waals surface area contributed by atoms with Gasteiger partial charge in [0, 0.05) is 14.9 Å². The predicted octanol–water partition coefficient (Wildman–Crippen LogP) is 5.79. The fraction of sp³-hybridized carbons (Fsp3) is 0.0769. The van der Waals surface area contributed by atoms with E-state index >= 15 is 0 Å². The second kappa shape index (κ2) is 5.23. The highest BCUT2D eigenvalue weighted by Gasteiger charge is 2.31. The fourth-order valence-electron chi connectivity index (χ4n) is 1.85. The molecule has 0 bridgehead atoms. The van der Waals surface area contributed by atoms with E-state index in [0.29, 0.717) is 30.3 Å². The van der Waals surface area contributed by atoms with Crippen molar-refractivity contribution in [2.45, 2.75) is 6.18 Å². The van der Waals surface area contributed by atoms with E-state index in [0.717, 1.165) is 12.1 Å². The Morgan fingerprint density at radius 2 is 1.90 bits per heavy atom. The molecule has 0 amide bonds. The maximum absolute atomic E-state index is 12.8. The number of aromatic nitrogens is 2. The van der Waals surface area contributed by atoms with Crippen LogP contribution in [0.2, 0.25) is 5.15 Å². The molecule has 0 unspecified atom stereocenters. The number of hydrogen-bond donors (Lipinski definition) is 0. The zero-order chi connectivity index (χ0) is 15.2. The highest BCUT2D eigenvalue weighted by Crippen LogP contribution is 2.41. The van der Waals surface area contributed by atoms with Crippen molar-refractivity contribution in [1.29, 1.82) is 0 Å². The van der Waals surface area contributed by atoms with Crippen LogP contribution in [-0.2, 0) is 6.18 Å². The van der Waals surface area contributed by atoms with Gasteiger partial charge in [-0.3, -0.25) is 0 Å². The Bertz CT molecular complexity index is 832. The SMILES string of the molecule is FC(F)(F)c1ccc(Br)c(-c2cc3ncnc(Cl)c3s2)c1. The average Bonchev–Trinajstić information content (AvgIpc) is 2.83. The maximum atomic E-state index is 12.8. The van der Waals surface area contributed by atoms with Crippen LogP contribution in [-0.4, -0.2) is 9.97 Å². The summed E-state index contributed by atoms with van der Waals surface area (Å²) in [4.78, 5) is 8.58. The zero-order valence-corrected chi connectivity index (χ0v) is 13.2. The first kappa shape index (κ1) is 14.7. The minimum atomic E-state index is -4.39. The highest BCUT2D eigenvalue weighted by atomic mass is 79.9. The lowest BCUT2D eigenvalue weighted by Gasteiger charge is -2.09. The van der Waals surface area contributed by atoms with Crippen LogP contribution in [0.3, 0.4) is 0 Å². The van der Waals surface area contributed by atoms with Gasteiger partial charge >= 0.3 is 6.18 Å². The number of alkyl halides is 3. The Morgan fingerprint density at radius 1 is 1.14 bits per heavy atom. The van der Waals surface area contributed by atoms with E-state index in [4.69, 9.17) is 11.6 Å². The summed E-state index contributed by atoms with van der Waals surface area (Å²) in [5, 5.41) is 0.291. The molecule has 2 heterocycles. The summed E-state index contributed by atoms with van der Waals surface area (Å²) < 4.78 is 39.7. The number of hydrogen-bond acceptors (Lipinski definition) is 3. The first-order valence-corrected chi connectivity index (χ1v) is 7.62. The van der Waals surface area contributed by atoms with Crippen LogP contribution >= 0.6 is 38.9 Å². The molecule has 2 aromatic heterocycles. The molecule has 0 fully saturated rings. The summed E-state index contributed by atoms with van der Waals surface area (Å²) >= 11 is 10.5. The van der Waals surface area contributed by atoms with E-state index in [9.17, 15) is 13.2 Å². The third-order valence-corrected chi connectivity index (χ3v) is 5.08. The van der Waals surface area contributed by atoms with Crippen molar-refractivity contribution >= 4 is 49.1 Å². The van der Waals surface area contributed by atoms with Gasteiger partial charge in [0.05, 0.1) is 15.8 Å². The number of rotatable bonds is 1. The minimum absolute atomic E-state index is 0.291. The Hall–Kier alpha value is -1.18. The van der Waals surface area contributed by atoms with Gasteiger partial charge in [-0.05, 0) is 24.3 Å². The average molecular weight is 394 g/mol. The van der Waals surface area contributed by atoms with Gasteiger partial charge in [0.1, 0.15) is 11.5 Å². The number of fused-ring (bicyclic) bond motifs is 1. The molecule has 0 N–H and O–H groups in total. The van der Waals surface area contributed by atoms with Gasteiger partial charge in [-0.25, -0.2) is 9.97 Å². The number of halogens is 5. The van der Waals surface area contributed by atoms with Crippen molar-refractivity contribution in [3.05, 3.63) is 45.8 Å². The van der Waals surface area contributed by atoms with E-state index in [1.165, 1.54) is 23.7 Å². The minimum Gasteiger partial charge on any atom is -0.235 e. The molecule has 0 aliphatic rings. The largest absolute Gasteiger partial charge is 0.416 e. The molecular formula is C13H5BrClF3N2S. The van der Waals surface area contributed by atoms with Crippen LogP contribution in [0.15, 0.2) is 35.1 Å². The second-order valence-corrected chi connectivity index (χ2v) is 6.45. The van der Waals surface area contributed by atoms with Crippen LogP contribution in [0.1, 0.15) is 5.56 Å². The lowest BCUT2D eigenvalue weighted by atomic mass is 10.1. The molecular weight excluding hydrogens is 389 g/mol. The second-order valence-electron chi connectivity index (χ2n) is 4.18. The molecule has 0 radical (unpaired) electrons. The van der Waals surface area contributed by atoms with Crippen molar-refractivity contribution < 1.29 is 13.2 Å². The first-order chi connectivity index (χ1) is 9.86. The predicted molar refractivity (Wildman–Crippen MR) is 80.6 cm³/mol.